The highest BCUT2D eigenvalue weighted by Gasteiger charge is 2.23. The molecule has 0 saturated heterocycles. The van der Waals surface area contributed by atoms with Gasteiger partial charge in [0, 0.05) is 25.5 Å². The zero-order chi connectivity index (χ0) is 16.5. The molecule has 0 aromatic carbocycles. The Morgan fingerprint density at radius 1 is 1.38 bits per heavy atom. The van der Waals surface area contributed by atoms with E-state index in [0.717, 1.165) is 36.6 Å². The van der Waals surface area contributed by atoms with Crippen molar-refractivity contribution in [3.63, 3.8) is 0 Å². The molecule has 0 radical (unpaired) electrons. The number of nitrogens with zero attached hydrogens (tertiary/aromatic N) is 6. The Morgan fingerprint density at radius 2 is 2.29 bits per heavy atom. The van der Waals surface area contributed by atoms with E-state index >= 15 is 0 Å². The standard InChI is InChI=1S/C16H19N7O/c1-12-7-19-20-23(12)9-14-15-10-21(5-2-6-22(15)11-18-14)16(24)13-3-4-17-8-13/h3-4,7-8,11,17H,2,5-6,9-10H2,1H3. The van der Waals surface area contributed by atoms with E-state index in [9.17, 15) is 4.79 Å². The SMILES string of the molecule is Cc1cnnn1Cc1ncn2c1CN(C(=O)c1cc[nH]c1)CCC2. The number of rotatable bonds is 3. The van der Waals surface area contributed by atoms with E-state index in [0.29, 0.717) is 18.7 Å². The minimum Gasteiger partial charge on any atom is -0.367 e. The lowest BCUT2D eigenvalue weighted by molar-refractivity contribution is 0.0745. The zero-order valence-corrected chi connectivity index (χ0v) is 13.5. The molecule has 8 heteroatoms. The van der Waals surface area contributed by atoms with Gasteiger partial charge < -0.3 is 14.5 Å². The lowest BCUT2D eigenvalue weighted by Gasteiger charge is -2.20. The van der Waals surface area contributed by atoms with Gasteiger partial charge in [0.05, 0.1) is 48.3 Å². The normalized spacial score (nSPS) is 14.5. The second-order valence-electron chi connectivity index (χ2n) is 6.04. The lowest BCUT2D eigenvalue weighted by atomic mass is 10.2. The van der Waals surface area contributed by atoms with E-state index in [-0.39, 0.29) is 5.91 Å². The Kier molecular flexibility index (Phi) is 3.64. The number of aromatic nitrogens is 6. The predicted molar refractivity (Wildman–Crippen MR) is 86.2 cm³/mol. The lowest BCUT2D eigenvalue weighted by Crippen LogP contribution is -2.30. The van der Waals surface area contributed by atoms with Gasteiger partial charge in [-0.2, -0.15) is 0 Å². The molecule has 0 aliphatic carbocycles. The monoisotopic (exact) mass is 325 g/mol. The molecule has 4 heterocycles. The van der Waals surface area contributed by atoms with Crippen molar-refractivity contribution >= 4 is 5.91 Å². The van der Waals surface area contributed by atoms with Crippen molar-refractivity contribution in [3.8, 4) is 0 Å². The molecule has 0 spiro atoms. The summed E-state index contributed by atoms with van der Waals surface area (Å²) in [5.74, 6) is 0.0498. The van der Waals surface area contributed by atoms with Crippen LogP contribution in [0, 0.1) is 6.92 Å². The number of H-pyrrole nitrogens is 1. The number of aromatic amines is 1. The molecular formula is C16H19N7O. The summed E-state index contributed by atoms with van der Waals surface area (Å²) >= 11 is 0. The Morgan fingerprint density at radius 3 is 3.04 bits per heavy atom. The number of nitrogens with one attached hydrogen (secondary N) is 1. The summed E-state index contributed by atoms with van der Waals surface area (Å²) in [6.07, 6.45) is 8.03. The van der Waals surface area contributed by atoms with E-state index in [1.54, 1.807) is 18.6 Å². The summed E-state index contributed by atoms with van der Waals surface area (Å²) in [6.45, 7) is 4.72. The average Bonchev–Trinajstić information content (AvgIpc) is 3.29. The van der Waals surface area contributed by atoms with Crippen molar-refractivity contribution in [1.29, 1.82) is 0 Å². The second-order valence-corrected chi connectivity index (χ2v) is 6.04. The van der Waals surface area contributed by atoms with Gasteiger partial charge in [0.15, 0.2) is 0 Å². The van der Waals surface area contributed by atoms with Crippen molar-refractivity contribution in [2.75, 3.05) is 6.54 Å². The van der Waals surface area contributed by atoms with Crippen LogP contribution in [0.3, 0.4) is 0 Å². The van der Waals surface area contributed by atoms with Gasteiger partial charge >= 0.3 is 0 Å². The summed E-state index contributed by atoms with van der Waals surface area (Å²) in [4.78, 5) is 22.1. The third-order valence-corrected chi connectivity index (χ3v) is 4.44. The van der Waals surface area contributed by atoms with Crippen LogP contribution in [-0.4, -0.2) is 46.9 Å². The molecule has 3 aromatic rings. The van der Waals surface area contributed by atoms with Crippen LogP contribution in [0.2, 0.25) is 0 Å². The van der Waals surface area contributed by atoms with Crippen LogP contribution in [0.1, 0.15) is 33.9 Å². The first kappa shape index (κ1) is 14.7. The first-order valence-electron chi connectivity index (χ1n) is 8.02. The first-order chi connectivity index (χ1) is 11.7. The second kappa shape index (κ2) is 5.95. The van der Waals surface area contributed by atoms with E-state index in [1.807, 2.05) is 28.9 Å². The third-order valence-electron chi connectivity index (χ3n) is 4.44. The minimum atomic E-state index is 0.0498. The van der Waals surface area contributed by atoms with Crippen LogP contribution in [0.25, 0.3) is 0 Å². The van der Waals surface area contributed by atoms with Gasteiger partial charge in [0.1, 0.15) is 0 Å². The molecule has 0 bridgehead atoms. The van der Waals surface area contributed by atoms with Crippen molar-refractivity contribution in [2.24, 2.45) is 0 Å². The molecule has 0 saturated carbocycles. The molecule has 3 aromatic heterocycles. The van der Waals surface area contributed by atoms with Crippen molar-refractivity contribution in [2.45, 2.75) is 33.0 Å². The number of imidazole rings is 1. The number of hydrogen-bond acceptors (Lipinski definition) is 4. The largest absolute Gasteiger partial charge is 0.367 e. The highest BCUT2D eigenvalue weighted by atomic mass is 16.2. The predicted octanol–water partition coefficient (Wildman–Crippen LogP) is 1.21. The minimum absolute atomic E-state index is 0.0498. The summed E-state index contributed by atoms with van der Waals surface area (Å²) in [6, 6.07) is 1.81. The fraction of sp³-hybridized carbons (Fsp3) is 0.375. The Bertz CT molecular complexity index is 846. The molecular weight excluding hydrogens is 306 g/mol. The van der Waals surface area contributed by atoms with E-state index in [1.165, 1.54) is 0 Å². The quantitative estimate of drug-likeness (QED) is 0.784. The number of amides is 1. The topological polar surface area (TPSA) is 84.6 Å². The van der Waals surface area contributed by atoms with Crippen LogP contribution in [0.4, 0.5) is 0 Å². The number of hydrogen-bond donors (Lipinski definition) is 1. The van der Waals surface area contributed by atoms with Gasteiger partial charge in [-0.05, 0) is 19.4 Å². The van der Waals surface area contributed by atoms with Crippen molar-refractivity contribution in [1.82, 2.24) is 34.4 Å². The van der Waals surface area contributed by atoms with Gasteiger partial charge in [0.2, 0.25) is 0 Å². The average molecular weight is 325 g/mol. The molecule has 4 rings (SSSR count). The molecule has 8 nitrogen and oxygen atoms in total. The maximum absolute atomic E-state index is 12.7. The van der Waals surface area contributed by atoms with Gasteiger partial charge in [-0.3, -0.25) is 4.79 Å². The Hall–Kier alpha value is -2.90. The maximum Gasteiger partial charge on any atom is 0.255 e. The molecule has 124 valence electrons. The smallest absolute Gasteiger partial charge is 0.255 e. The number of carbonyl (C=O) groups excluding carboxylic acids is 1. The Balaban J connectivity index is 1.61. The third kappa shape index (κ3) is 2.60. The van der Waals surface area contributed by atoms with Gasteiger partial charge in [-0.15, -0.1) is 5.10 Å². The van der Waals surface area contributed by atoms with E-state index in [2.05, 4.69) is 24.8 Å². The molecule has 0 atom stereocenters. The first-order valence-corrected chi connectivity index (χ1v) is 8.02. The summed E-state index contributed by atoms with van der Waals surface area (Å²) in [7, 11) is 0. The summed E-state index contributed by atoms with van der Waals surface area (Å²) in [5.41, 5.74) is 3.70. The molecule has 1 N–H and O–H groups in total. The van der Waals surface area contributed by atoms with E-state index < -0.39 is 0 Å². The van der Waals surface area contributed by atoms with Crippen LogP contribution >= 0.6 is 0 Å². The molecule has 24 heavy (non-hydrogen) atoms. The van der Waals surface area contributed by atoms with Gasteiger partial charge in [-0.25, -0.2) is 9.67 Å². The zero-order valence-electron chi connectivity index (χ0n) is 13.5. The number of fused-ring (bicyclic) bond motifs is 1. The van der Waals surface area contributed by atoms with Crippen molar-refractivity contribution in [3.05, 3.63) is 53.6 Å². The van der Waals surface area contributed by atoms with Crippen LogP contribution in [0.5, 0.6) is 0 Å². The highest BCUT2D eigenvalue weighted by molar-refractivity contribution is 5.94. The highest BCUT2D eigenvalue weighted by Crippen LogP contribution is 2.19. The fourth-order valence-corrected chi connectivity index (χ4v) is 3.07. The molecule has 1 aliphatic rings. The van der Waals surface area contributed by atoms with E-state index in [4.69, 9.17) is 0 Å². The van der Waals surface area contributed by atoms with Crippen LogP contribution in [-0.2, 0) is 19.6 Å². The molecule has 0 unspecified atom stereocenters. The number of aryl methyl sites for hydroxylation is 2. The van der Waals surface area contributed by atoms with Gasteiger partial charge in [-0.1, -0.05) is 5.21 Å². The maximum atomic E-state index is 12.7. The van der Waals surface area contributed by atoms with Crippen LogP contribution in [0.15, 0.2) is 31.0 Å². The van der Waals surface area contributed by atoms with Crippen molar-refractivity contribution < 1.29 is 4.79 Å². The Labute approximate surface area is 139 Å². The molecule has 0 fully saturated rings. The summed E-state index contributed by atoms with van der Waals surface area (Å²) < 4.78 is 3.97. The number of carbonyl (C=O) groups is 1. The molecule has 1 amide bonds. The summed E-state index contributed by atoms with van der Waals surface area (Å²) in [5, 5.41) is 8.01. The van der Waals surface area contributed by atoms with Crippen LogP contribution < -0.4 is 0 Å². The fourth-order valence-electron chi connectivity index (χ4n) is 3.07. The molecule has 1 aliphatic heterocycles. The van der Waals surface area contributed by atoms with Gasteiger partial charge in [0.25, 0.3) is 5.91 Å².